The number of methoxy groups -OCH3 is 1. The molecule has 0 atom stereocenters. The van der Waals surface area contributed by atoms with Crippen molar-refractivity contribution in [2.24, 2.45) is 0 Å². The summed E-state index contributed by atoms with van der Waals surface area (Å²) in [7, 11) is 1.60. The summed E-state index contributed by atoms with van der Waals surface area (Å²) in [5.74, 6) is 0.576. The first-order valence-corrected chi connectivity index (χ1v) is 5.83. The zero-order valence-corrected chi connectivity index (χ0v) is 10.3. The molecule has 1 aromatic carbocycles. The molecule has 0 aliphatic carbocycles. The SMILES string of the molecule is COCc1c(CCC(=O)O)ccc2c1OCCO2. The third kappa shape index (κ3) is 2.73. The van der Waals surface area contributed by atoms with Crippen LogP contribution in [0.2, 0.25) is 0 Å². The van der Waals surface area contributed by atoms with Crippen LogP contribution < -0.4 is 9.47 Å². The summed E-state index contributed by atoms with van der Waals surface area (Å²) in [6, 6.07) is 3.70. The van der Waals surface area contributed by atoms with Gasteiger partial charge >= 0.3 is 5.97 Å². The molecule has 5 heteroatoms. The van der Waals surface area contributed by atoms with Crippen molar-refractivity contribution in [1.82, 2.24) is 0 Å². The van der Waals surface area contributed by atoms with E-state index in [0.29, 0.717) is 37.7 Å². The van der Waals surface area contributed by atoms with E-state index in [9.17, 15) is 4.79 Å². The van der Waals surface area contributed by atoms with Gasteiger partial charge in [0.2, 0.25) is 0 Å². The fourth-order valence-electron chi connectivity index (χ4n) is 1.99. The Balaban J connectivity index is 2.30. The Kier molecular flexibility index (Phi) is 4.04. The van der Waals surface area contributed by atoms with Crippen molar-refractivity contribution in [2.45, 2.75) is 19.4 Å². The molecule has 98 valence electrons. The summed E-state index contributed by atoms with van der Waals surface area (Å²) < 4.78 is 16.3. The molecule has 0 unspecified atom stereocenters. The number of hydrogen-bond acceptors (Lipinski definition) is 4. The molecule has 1 aliphatic rings. The number of ether oxygens (including phenoxy) is 3. The average molecular weight is 252 g/mol. The first kappa shape index (κ1) is 12.7. The Morgan fingerprint density at radius 1 is 1.39 bits per heavy atom. The molecule has 0 aromatic heterocycles. The maximum Gasteiger partial charge on any atom is 0.303 e. The maximum absolute atomic E-state index is 10.6. The van der Waals surface area contributed by atoms with E-state index in [1.54, 1.807) is 7.11 Å². The van der Waals surface area contributed by atoms with E-state index in [-0.39, 0.29) is 6.42 Å². The predicted octanol–water partition coefficient (Wildman–Crippen LogP) is 1.62. The van der Waals surface area contributed by atoms with E-state index in [2.05, 4.69) is 0 Å². The van der Waals surface area contributed by atoms with E-state index in [1.807, 2.05) is 12.1 Å². The molecule has 1 heterocycles. The van der Waals surface area contributed by atoms with Gasteiger partial charge in [-0.1, -0.05) is 6.07 Å². The van der Waals surface area contributed by atoms with Gasteiger partial charge in [0, 0.05) is 19.1 Å². The molecule has 0 saturated heterocycles. The lowest BCUT2D eigenvalue weighted by Crippen LogP contribution is -2.17. The van der Waals surface area contributed by atoms with Gasteiger partial charge in [0.1, 0.15) is 13.2 Å². The molecule has 2 rings (SSSR count). The summed E-state index contributed by atoms with van der Waals surface area (Å²) in [6.45, 7) is 1.43. The van der Waals surface area contributed by atoms with E-state index in [1.165, 1.54) is 0 Å². The molecule has 0 fully saturated rings. The Bertz CT molecular complexity index is 441. The van der Waals surface area contributed by atoms with Crippen LogP contribution in [0.1, 0.15) is 17.5 Å². The summed E-state index contributed by atoms with van der Waals surface area (Å²) in [4.78, 5) is 10.6. The van der Waals surface area contributed by atoms with Gasteiger partial charge < -0.3 is 19.3 Å². The molecule has 1 aromatic rings. The van der Waals surface area contributed by atoms with Crippen molar-refractivity contribution in [3.05, 3.63) is 23.3 Å². The number of carboxylic acid groups (broad SMARTS) is 1. The van der Waals surface area contributed by atoms with Crippen LogP contribution in [0, 0.1) is 0 Å². The number of aliphatic carboxylic acids is 1. The van der Waals surface area contributed by atoms with Crippen LogP contribution in [0.25, 0.3) is 0 Å². The minimum absolute atomic E-state index is 0.0936. The highest BCUT2D eigenvalue weighted by Crippen LogP contribution is 2.36. The van der Waals surface area contributed by atoms with Gasteiger partial charge in [0.05, 0.1) is 6.61 Å². The number of benzene rings is 1. The molecule has 0 bridgehead atoms. The van der Waals surface area contributed by atoms with E-state index in [0.717, 1.165) is 11.1 Å². The van der Waals surface area contributed by atoms with Crippen molar-refractivity contribution < 1.29 is 24.1 Å². The van der Waals surface area contributed by atoms with Crippen LogP contribution in [0.4, 0.5) is 0 Å². The average Bonchev–Trinajstić information content (AvgIpc) is 2.38. The van der Waals surface area contributed by atoms with Gasteiger partial charge in [-0.15, -0.1) is 0 Å². The lowest BCUT2D eigenvalue weighted by Gasteiger charge is -2.22. The van der Waals surface area contributed by atoms with Crippen LogP contribution in [0.15, 0.2) is 12.1 Å². The van der Waals surface area contributed by atoms with Crippen molar-refractivity contribution in [3.8, 4) is 11.5 Å². The number of carbonyl (C=O) groups is 1. The number of carboxylic acids is 1. The summed E-state index contributed by atoms with van der Waals surface area (Å²) in [5.41, 5.74) is 1.82. The number of rotatable bonds is 5. The molecule has 0 spiro atoms. The minimum atomic E-state index is -0.812. The monoisotopic (exact) mass is 252 g/mol. The van der Waals surface area contributed by atoms with Gasteiger partial charge in [0.15, 0.2) is 11.5 Å². The zero-order chi connectivity index (χ0) is 13.0. The minimum Gasteiger partial charge on any atom is -0.486 e. The van der Waals surface area contributed by atoms with Gasteiger partial charge in [-0.25, -0.2) is 0 Å². The lowest BCUT2D eigenvalue weighted by molar-refractivity contribution is -0.136. The Hall–Kier alpha value is -1.75. The van der Waals surface area contributed by atoms with Gasteiger partial charge in [-0.05, 0) is 18.1 Å². The quantitative estimate of drug-likeness (QED) is 0.862. The predicted molar refractivity (Wildman–Crippen MR) is 64.1 cm³/mol. The third-order valence-electron chi connectivity index (χ3n) is 2.81. The highest BCUT2D eigenvalue weighted by molar-refractivity contribution is 5.67. The van der Waals surface area contributed by atoms with Crippen LogP contribution in [-0.2, 0) is 22.6 Å². The lowest BCUT2D eigenvalue weighted by atomic mass is 10.0. The Morgan fingerprint density at radius 3 is 2.89 bits per heavy atom. The standard InChI is InChI=1S/C13H16O5/c1-16-8-10-9(3-5-12(14)15)2-4-11-13(10)18-7-6-17-11/h2,4H,3,5-8H2,1H3,(H,14,15). The smallest absolute Gasteiger partial charge is 0.303 e. The Morgan fingerprint density at radius 2 is 2.17 bits per heavy atom. The highest BCUT2D eigenvalue weighted by Gasteiger charge is 2.19. The summed E-state index contributed by atoms with van der Waals surface area (Å²) >= 11 is 0. The number of aryl methyl sites for hydroxylation is 1. The van der Waals surface area contributed by atoms with E-state index < -0.39 is 5.97 Å². The molecule has 5 nitrogen and oxygen atoms in total. The maximum atomic E-state index is 10.6. The van der Waals surface area contributed by atoms with Crippen molar-refractivity contribution >= 4 is 5.97 Å². The fraction of sp³-hybridized carbons (Fsp3) is 0.462. The fourth-order valence-corrected chi connectivity index (χ4v) is 1.99. The molecule has 0 saturated carbocycles. The first-order valence-electron chi connectivity index (χ1n) is 5.83. The van der Waals surface area contributed by atoms with Gasteiger partial charge in [-0.2, -0.15) is 0 Å². The molecule has 0 amide bonds. The molecule has 18 heavy (non-hydrogen) atoms. The van der Waals surface area contributed by atoms with Crippen molar-refractivity contribution in [2.75, 3.05) is 20.3 Å². The second-order valence-corrected chi connectivity index (χ2v) is 4.05. The summed E-state index contributed by atoms with van der Waals surface area (Å²) in [6.07, 6.45) is 0.557. The molecular weight excluding hydrogens is 236 g/mol. The molecule has 0 radical (unpaired) electrons. The van der Waals surface area contributed by atoms with Crippen molar-refractivity contribution in [1.29, 1.82) is 0 Å². The molecule has 1 N–H and O–H groups in total. The zero-order valence-electron chi connectivity index (χ0n) is 10.3. The van der Waals surface area contributed by atoms with E-state index in [4.69, 9.17) is 19.3 Å². The third-order valence-corrected chi connectivity index (χ3v) is 2.81. The van der Waals surface area contributed by atoms with Gasteiger partial charge in [-0.3, -0.25) is 4.79 Å². The first-order chi connectivity index (χ1) is 8.72. The van der Waals surface area contributed by atoms with Gasteiger partial charge in [0.25, 0.3) is 0 Å². The number of fused-ring (bicyclic) bond motifs is 1. The van der Waals surface area contributed by atoms with Crippen LogP contribution in [0.5, 0.6) is 11.5 Å². The van der Waals surface area contributed by atoms with Crippen LogP contribution in [0.3, 0.4) is 0 Å². The van der Waals surface area contributed by atoms with E-state index >= 15 is 0 Å². The van der Waals surface area contributed by atoms with Crippen LogP contribution >= 0.6 is 0 Å². The van der Waals surface area contributed by atoms with Crippen molar-refractivity contribution in [3.63, 3.8) is 0 Å². The second kappa shape index (κ2) is 5.73. The molecule has 1 aliphatic heterocycles. The normalized spacial score (nSPS) is 13.4. The second-order valence-electron chi connectivity index (χ2n) is 4.05. The summed E-state index contributed by atoms with van der Waals surface area (Å²) in [5, 5.41) is 8.75. The largest absolute Gasteiger partial charge is 0.486 e. The number of hydrogen-bond donors (Lipinski definition) is 1. The Labute approximate surface area is 105 Å². The van der Waals surface area contributed by atoms with Crippen LogP contribution in [-0.4, -0.2) is 31.4 Å². The topological polar surface area (TPSA) is 65.0 Å². The highest BCUT2D eigenvalue weighted by atomic mass is 16.6. The molecular formula is C13H16O5.